The summed E-state index contributed by atoms with van der Waals surface area (Å²) < 4.78 is 27.7. The highest BCUT2D eigenvalue weighted by Gasteiger charge is 2.18. The van der Waals surface area contributed by atoms with Crippen LogP contribution in [0.3, 0.4) is 0 Å². The Morgan fingerprint density at radius 1 is 1.00 bits per heavy atom. The van der Waals surface area contributed by atoms with Gasteiger partial charge in [-0.1, -0.05) is 35.9 Å². The first-order chi connectivity index (χ1) is 8.50. The maximum atomic E-state index is 12.2. The topological polar surface area (TPSA) is 46.2 Å². The lowest BCUT2D eigenvalue weighted by molar-refractivity contribution is 0.601. The zero-order chi connectivity index (χ0) is 13.2. The molecule has 0 bridgehead atoms. The number of para-hydroxylation sites is 1. The monoisotopic (exact) mass is 393 g/mol. The Morgan fingerprint density at radius 3 is 2.28 bits per heavy atom. The van der Waals surface area contributed by atoms with Crippen LogP contribution in [0, 0.1) is 3.57 Å². The lowest BCUT2D eigenvalue weighted by atomic mass is 10.3. The standard InChI is InChI=1S/C12H9ClINO2S/c13-9-5-1-4-8-12(9)18(16,17)15-11-7-3-2-6-10(11)14/h1-8,15H. The van der Waals surface area contributed by atoms with E-state index in [9.17, 15) is 8.42 Å². The van der Waals surface area contributed by atoms with Crippen molar-refractivity contribution in [2.24, 2.45) is 0 Å². The summed E-state index contributed by atoms with van der Waals surface area (Å²) in [6.07, 6.45) is 0. The van der Waals surface area contributed by atoms with Crippen LogP contribution in [0.2, 0.25) is 5.02 Å². The van der Waals surface area contributed by atoms with Gasteiger partial charge in [-0.05, 0) is 46.9 Å². The molecule has 0 heterocycles. The highest BCUT2D eigenvalue weighted by atomic mass is 127. The Labute approximate surface area is 124 Å². The van der Waals surface area contributed by atoms with Crippen molar-refractivity contribution in [1.29, 1.82) is 0 Å². The van der Waals surface area contributed by atoms with E-state index in [0.29, 0.717) is 5.69 Å². The van der Waals surface area contributed by atoms with Crippen LogP contribution in [0.25, 0.3) is 0 Å². The lowest BCUT2D eigenvalue weighted by Gasteiger charge is -2.10. The summed E-state index contributed by atoms with van der Waals surface area (Å²) >= 11 is 7.96. The van der Waals surface area contributed by atoms with Crippen molar-refractivity contribution in [2.45, 2.75) is 4.90 Å². The number of benzene rings is 2. The van der Waals surface area contributed by atoms with Crippen LogP contribution in [-0.4, -0.2) is 8.42 Å². The predicted octanol–water partition coefficient (Wildman–Crippen LogP) is 3.75. The molecular formula is C12H9ClINO2S. The second-order valence-electron chi connectivity index (χ2n) is 3.52. The van der Waals surface area contributed by atoms with Gasteiger partial charge in [-0.25, -0.2) is 8.42 Å². The first kappa shape index (κ1) is 13.6. The van der Waals surface area contributed by atoms with E-state index in [1.54, 1.807) is 30.3 Å². The fourth-order valence-electron chi connectivity index (χ4n) is 1.41. The average molecular weight is 394 g/mol. The van der Waals surface area contributed by atoms with Crippen molar-refractivity contribution >= 4 is 49.9 Å². The van der Waals surface area contributed by atoms with Gasteiger partial charge < -0.3 is 0 Å². The van der Waals surface area contributed by atoms with Gasteiger partial charge in [0, 0.05) is 3.57 Å². The van der Waals surface area contributed by atoms with Crippen LogP contribution in [0.1, 0.15) is 0 Å². The molecule has 0 fully saturated rings. The minimum atomic E-state index is -3.65. The molecular weight excluding hydrogens is 385 g/mol. The molecule has 94 valence electrons. The van der Waals surface area contributed by atoms with Gasteiger partial charge in [0.05, 0.1) is 10.7 Å². The van der Waals surface area contributed by atoms with Gasteiger partial charge in [-0.3, -0.25) is 4.72 Å². The molecule has 18 heavy (non-hydrogen) atoms. The molecule has 0 aliphatic rings. The zero-order valence-electron chi connectivity index (χ0n) is 9.10. The summed E-state index contributed by atoms with van der Waals surface area (Å²) in [5.74, 6) is 0. The van der Waals surface area contributed by atoms with Gasteiger partial charge in [0.1, 0.15) is 4.90 Å². The quantitative estimate of drug-likeness (QED) is 0.808. The maximum absolute atomic E-state index is 12.2. The van der Waals surface area contributed by atoms with Crippen LogP contribution in [0.15, 0.2) is 53.4 Å². The summed E-state index contributed by atoms with van der Waals surface area (Å²) in [6, 6.07) is 13.5. The highest BCUT2D eigenvalue weighted by Crippen LogP contribution is 2.25. The summed E-state index contributed by atoms with van der Waals surface area (Å²) in [5.41, 5.74) is 0.540. The van der Waals surface area contributed by atoms with Crippen LogP contribution in [0.5, 0.6) is 0 Å². The summed E-state index contributed by atoms with van der Waals surface area (Å²) in [4.78, 5) is 0.0753. The average Bonchev–Trinajstić information content (AvgIpc) is 2.32. The maximum Gasteiger partial charge on any atom is 0.263 e. The van der Waals surface area contributed by atoms with Gasteiger partial charge >= 0.3 is 0 Å². The van der Waals surface area contributed by atoms with Crippen molar-refractivity contribution in [3.05, 3.63) is 57.1 Å². The van der Waals surface area contributed by atoms with E-state index in [0.717, 1.165) is 3.57 Å². The van der Waals surface area contributed by atoms with E-state index in [2.05, 4.69) is 27.3 Å². The first-order valence-electron chi connectivity index (χ1n) is 5.02. The molecule has 0 atom stereocenters. The van der Waals surface area contributed by atoms with Gasteiger partial charge in [-0.2, -0.15) is 0 Å². The van der Waals surface area contributed by atoms with Gasteiger partial charge in [-0.15, -0.1) is 0 Å². The normalized spacial score (nSPS) is 11.2. The Hall–Kier alpha value is -0.790. The molecule has 0 amide bonds. The van der Waals surface area contributed by atoms with Gasteiger partial charge in [0.15, 0.2) is 0 Å². The molecule has 0 spiro atoms. The largest absolute Gasteiger partial charge is 0.279 e. The van der Waals surface area contributed by atoms with Crippen molar-refractivity contribution in [3.63, 3.8) is 0 Å². The number of rotatable bonds is 3. The highest BCUT2D eigenvalue weighted by molar-refractivity contribution is 14.1. The van der Waals surface area contributed by atoms with E-state index in [-0.39, 0.29) is 9.92 Å². The molecule has 6 heteroatoms. The van der Waals surface area contributed by atoms with Crippen LogP contribution >= 0.6 is 34.2 Å². The van der Waals surface area contributed by atoms with E-state index in [4.69, 9.17) is 11.6 Å². The SMILES string of the molecule is O=S(=O)(Nc1ccccc1I)c1ccccc1Cl. The Morgan fingerprint density at radius 2 is 1.61 bits per heavy atom. The number of sulfonamides is 1. The molecule has 2 aromatic carbocycles. The second kappa shape index (κ2) is 5.46. The number of nitrogens with one attached hydrogen (secondary N) is 1. The zero-order valence-corrected chi connectivity index (χ0v) is 12.8. The third-order valence-corrected chi connectivity index (χ3v) is 5.05. The van der Waals surface area contributed by atoms with Gasteiger partial charge in [0.2, 0.25) is 0 Å². The van der Waals surface area contributed by atoms with Crippen LogP contribution < -0.4 is 4.72 Å². The molecule has 0 saturated heterocycles. The van der Waals surface area contributed by atoms with E-state index in [1.807, 2.05) is 12.1 Å². The second-order valence-corrected chi connectivity index (χ2v) is 6.74. The summed E-state index contributed by atoms with van der Waals surface area (Å²) in [5, 5.41) is 0.205. The molecule has 0 saturated carbocycles. The molecule has 0 unspecified atom stereocenters. The van der Waals surface area contributed by atoms with Crippen molar-refractivity contribution in [2.75, 3.05) is 4.72 Å². The Balaban J connectivity index is 2.40. The number of halogens is 2. The molecule has 1 N–H and O–H groups in total. The molecule has 0 radical (unpaired) electrons. The van der Waals surface area contributed by atoms with E-state index < -0.39 is 10.0 Å². The van der Waals surface area contributed by atoms with Crippen molar-refractivity contribution in [1.82, 2.24) is 0 Å². The lowest BCUT2D eigenvalue weighted by Crippen LogP contribution is -2.14. The van der Waals surface area contributed by atoms with Crippen LogP contribution in [0.4, 0.5) is 5.69 Å². The van der Waals surface area contributed by atoms with Crippen molar-refractivity contribution < 1.29 is 8.42 Å². The van der Waals surface area contributed by atoms with Gasteiger partial charge in [0.25, 0.3) is 10.0 Å². The molecule has 3 nitrogen and oxygen atoms in total. The smallest absolute Gasteiger partial charge is 0.263 e. The summed E-state index contributed by atoms with van der Waals surface area (Å²) in [7, 11) is -3.65. The summed E-state index contributed by atoms with van der Waals surface area (Å²) in [6.45, 7) is 0. The number of hydrogen-bond acceptors (Lipinski definition) is 2. The van der Waals surface area contributed by atoms with Crippen LogP contribution in [-0.2, 0) is 10.0 Å². The number of hydrogen-bond donors (Lipinski definition) is 1. The van der Waals surface area contributed by atoms with Crippen molar-refractivity contribution in [3.8, 4) is 0 Å². The number of anilines is 1. The molecule has 0 aliphatic heterocycles. The third kappa shape index (κ3) is 2.96. The van der Waals surface area contributed by atoms with E-state index in [1.165, 1.54) is 6.07 Å². The Kier molecular flexibility index (Phi) is 4.14. The van der Waals surface area contributed by atoms with E-state index >= 15 is 0 Å². The fraction of sp³-hybridized carbons (Fsp3) is 0. The third-order valence-electron chi connectivity index (χ3n) is 2.24. The minimum Gasteiger partial charge on any atom is -0.279 e. The Bertz CT molecular complexity index is 673. The molecule has 0 aromatic heterocycles. The minimum absolute atomic E-state index is 0.0753. The predicted molar refractivity (Wildman–Crippen MR) is 81.4 cm³/mol. The fourth-order valence-corrected chi connectivity index (χ4v) is 3.71. The first-order valence-corrected chi connectivity index (χ1v) is 7.96. The molecule has 0 aliphatic carbocycles. The molecule has 2 aromatic rings. The molecule has 2 rings (SSSR count).